The molecule has 4 rings (SSSR count). The van der Waals surface area contributed by atoms with E-state index in [2.05, 4.69) is 11.5 Å². The maximum atomic E-state index is 14.1. The van der Waals surface area contributed by atoms with Gasteiger partial charge in [-0.1, -0.05) is 18.2 Å². The van der Waals surface area contributed by atoms with Crippen LogP contribution >= 0.6 is 0 Å². The van der Waals surface area contributed by atoms with E-state index in [1.807, 2.05) is 18.2 Å². The number of hydrogen-bond donors (Lipinski definition) is 0. The van der Waals surface area contributed by atoms with Crippen molar-refractivity contribution in [3.8, 4) is 5.75 Å². The van der Waals surface area contributed by atoms with Crippen LogP contribution in [0.5, 0.6) is 5.75 Å². The molecule has 0 saturated carbocycles. The Labute approximate surface area is 165 Å². The summed E-state index contributed by atoms with van der Waals surface area (Å²) in [6.07, 6.45) is 3.71. The van der Waals surface area contributed by atoms with Crippen LogP contribution in [0, 0.1) is 5.82 Å². The molecule has 2 aromatic rings. The van der Waals surface area contributed by atoms with E-state index in [0.29, 0.717) is 17.9 Å². The molecule has 0 atom stereocenters. The quantitative estimate of drug-likeness (QED) is 0.752. The molecule has 0 aromatic heterocycles. The number of piperidine rings is 1. The molecule has 146 valence electrons. The third-order valence-electron chi connectivity index (χ3n) is 6.06. The Bertz CT molecular complexity index is 903. The van der Waals surface area contributed by atoms with Crippen LogP contribution in [0.3, 0.4) is 0 Å². The maximum Gasteiger partial charge on any atom is 0.262 e. The van der Waals surface area contributed by atoms with Crippen molar-refractivity contribution in [2.24, 2.45) is 0 Å². The molecule has 2 heterocycles. The van der Waals surface area contributed by atoms with E-state index in [0.717, 1.165) is 43.7 Å². The van der Waals surface area contributed by atoms with E-state index in [1.165, 1.54) is 6.07 Å². The fraction of sp³-hybridized carbons (Fsp3) is 0.348. The number of methoxy groups -OCH3 is 1. The highest BCUT2D eigenvalue weighted by atomic mass is 19.1. The molecule has 2 aromatic carbocycles. The Balaban J connectivity index is 1.70. The molecular formula is C23H25FN2O2. The fourth-order valence-electron chi connectivity index (χ4n) is 4.56. The van der Waals surface area contributed by atoms with Gasteiger partial charge in [0.25, 0.3) is 5.91 Å². The molecule has 28 heavy (non-hydrogen) atoms. The first kappa shape index (κ1) is 18.7. The number of fused-ring (bicyclic) bond motifs is 2. The number of amides is 1. The maximum absolute atomic E-state index is 14.1. The highest BCUT2D eigenvalue weighted by Crippen LogP contribution is 2.48. The summed E-state index contributed by atoms with van der Waals surface area (Å²) < 4.78 is 19.5. The second kappa shape index (κ2) is 7.40. The lowest BCUT2D eigenvalue weighted by Crippen LogP contribution is -2.46. The van der Waals surface area contributed by atoms with Gasteiger partial charge in [0, 0.05) is 24.2 Å². The molecular weight excluding hydrogens is 355 g/mol. The van der Waals surface area contributed by atoms with Gasteiger partial charge in [-0.25, -0.2) is 4.39 Å². The Kier molecular flexibility index (Phi) is 4.94. The van der Waals surface area contributed by atoms with Gasteiger partial charge in [0.15, 0.2) is 0 Å². The van der Waals surface area contributed by atoms with Crippen molar-refractivity contribution in [2.75, 3.05) is 38.2 Å². The number of para-hydroxylation sites is 1. The molecule has 1 saturated heterocycles. The van der Waals surface area contributed by atoms with E-state index >= 15 is 0 Å². The lowest BCUT2D eigenvalue weighted by molar-refractivity contribution is 0.0975. The standard InChI is InChI=1S/C23H25FN2O2/c1-3-12-25-13-10-23(11-14-25)16-26(20-9-8-17(24)15-19(20)23)22(27)18-6-4-5-7-21(18)28-2/h3-9,15H,1,10-14,16H2,2H3. The molecule has 1 spiro atoms. The van der Waals surface area contributed by atoms with Crippen LogP contribution in [0.25, 0.3) is 0 Å². The summed E-state index contributed by atoms with van der Waals surface area (Å²) >= 11 is 0. The predicted octanol–water partition coefficient (Wildman–Crippen LogP) is 4.01. The highest BCUT2D eigenvalue weighted by molar-refractivity contribution is 6.09. The summed E-state index contributed by atoms with van der Waals surface area (Å²) in [6, 6.07) is 12.0. The van der Waals surface area contributed by atoms with Crippen molar-refractivity contribution in [3.63, 3.8) is 0 Å². The van der Waals surface area contributed by atoms with Gasteiger partial charge in [-0.3, -0.25) is 9.69 Å². The molecule has 0 unspecified atom stereocenters. The summed E-state index contributed by atoms with van der Waals surface area (Å²) in [7, 11) is 1.57. The van der Waals surface area contributed by atoms with Gasteiger partial charge >= 0.3 is 0 Å². The number of anilines is 1. The van der Waals surface area contributed by atoms with Crippen molar-refractivity contribution in [2.45, 2.75) is 18.3 Å². The van der Waals surface area contributed by atoms with E-state index in [1.54, 1.807) is 36.3 Å². The van der Waals surface area contributed by atoms with E-state index in [4.69, 9.17) is 4.74 Å². The minimum atomic E-state index is -0.252. The number of ether oxygens (including phenoxy) is 1. The number of nitrogens with zero attached hydrogens (tertiary/aromatic N) is 2. The summed E-state index contributed by atoms with van der Waals surface area (Å²) in [5.41, 5.74) is 2.09. The number of carbonyl (C=O) groups excluding carboxylic acids is 1. The van der Waals surface area contributed by atoms with Gasteiger partial charge in [-0.05, 0) is 61.8 Å². The first-order chi connectivity index (χ1) is 13.6. The lowest BCUT2D eigenvalue weighted by atomic mass is 9.74. The Morgan fingerprint density at radius 3 is 2.71 bits per heavy atom. The molecule has 4 nitrogen and oxygen atoms in total. The molecule has 0 radical (unpaired) electrons. The Hall–Kier alpha value is -2.66. The summed E-state index contributed by atoms with van der Waals surface area (Å²) in [4.78, 5) is 17.5. The lowest BCUT2D eigenvalue weighted by Gasteiger charge is -2.39. The zero-order chi connectivity index (χ0) is 19.7. The molecule has 2 aliphatic heterocycles. The van der Waals surface area contributed by atoms with Gasteiger partial charge < -0.3 is 9.64 Å². The van der Waals surface area contributed by atoms with Crippen LogP contribution in [0.1, 0.15) is 28.8 Å². The normalized spacial score (nSPS) is 18.1. The van der Waals surface area contributed by atoms with E-state index in [9.17, 15) is 9.18 Å². The van der Waals surface area contributed by atoms with Crippen molar-refractivity contribution in [3.05, 3.63) is 72.1 Å². The van der Waals surface area contributed by atoms with Crippen LogP contribution in [0.15, 0.2) is 55.1 Å². The number of likely N-dealkylation sites (tertiary alicyclic amines) is 1. The molecule has 5 heteroatoms. The van der Waals surface area contributed by atoms with E-state index < -0.39 is 0 Å². The molecule has 1 fully saturated rings. The molecule has 2 aliphatic rings. The Morgan fingerprint density at radius 2 is 2.00 bits per heavy atom. The number of benzene rings is 2. The SMILES string of the molecule is C=CCN1CCC2(CC1)CN(C(=O)c1ccccc1OC)c1ccc(F)cc12. The van der Waals surface area contributed by atoms with Crippen LogP contribution in [0.4, 0.5) is 10.1 Å². The topological polar surface area (TPSA) is 32.8 Å². The van der Waals surface area contributed by atoms with Crippen molar-refractivity contribution < 1.29 is 13.9 Å². The third-order valence-corrected chi connectivity index (χ3v) is 6.06. The summed E-state index contributed by atoms with van der Waals surface area (Å²) in [5.74, 6) is 0.201. The predicted molar refractivity (Wildman–Crippen MR) is 109 cm³/mol. The van der Waals surface area contributed by atoms with Gasteiger partial charge in [0.2, 0.25) is 0 Å². The third kappa shape index (κ3) is 3.10. The molecule has 1 amide bonds. The van der Waals surface area contributed by atoms with Crippen LogP contribution in [-0.2, 0) is 5.41 Å². The second-order valence-corrected chi connectivity index (χ2v) is 7.62. The van der Waals surface area contributed by atoms with Crippen molar-refractivity contribution in [1.29, 1.82) is 0 Å². The average Bonchev–Trinajstić information content (AvgIpc) is 3.03. The van der Waals surface area contributed by atoms with Gasteiger partial charge in [-0.15, -0.1) is 6.58 Å². The van der Waals surface area contributed by atoms with Gasteiger partial charge in [0.05, 0.1) is 12.7 Å². The second-order valence-electron chi connectivity index (χ2n) is 7.62. The minimum Gasteiger partial charge on any atom is -0.496 e. The highest BCUT2D eigenvalue weighted by Gasteiger charge is 2.46. The smallest absolute Gasteiger partial charge is 0.262 e. The summed E-state index contributed by atoms with van der Waals surface area (Å²) in [6.45, 7) is 7.08. The van der Waals surface area contributed by atoms with Crippen molar-refractivity contribution in [1.82, 2.24) is 4.90 Å². The zero-order valence-corrected chi connectivity index (χ0v) is 16.2. The van der Waals surface area contributed by atoms with Crippen LogP contribution in [-0.4, -0.2) is 44.1 Å². The summed E-state index contributed by atoms with van der Waals surface area (Å²) in [5, 5.41) is 0. The van der Waals surface area contributed by atoms with Gasteiger partial charge in [0.1, 0.15) is 11.6 Å². The van der Waals surface area contributed by atoms with Gasteiger partial charge in [-0.2, -0.15) is 0 Å². The molecule has 0 aliphatic carbocycles. The van der Waals surface area contributed by atoms with Crippen molar-refractivity contribution >= 4 is 11.6 Å². The largest absolute Gasteiger partial charge is 0.496 e. The van der Waals surface area contributed by atoms with Crippen LogP contribution < -0.4 is 9.64 Å². The fourth-order valence-corrected chi connectivity index (χ4v) is 4.56. The minimum absolute atomic E-state index is 0.101. The first-order valence-corrected chi connectivity index (χ1v) is 9.66. The monoisotopic (exact) mass is 380 g/mol. The van der Waals surface area contributed by atoms with Crippen LogP contribution in [0.2, 0.25) is 0 Å². The Morgan fingerprint density at radius 1 is 1.25 bits per heavy atom. The molecule has 0 N–H and O–H groups in total. The van der Waals surface area contributed by atoms with E-state index in [-0.39, 0.29) is 17.1 Å². The number of rotatable bonds is 4. The first-order valence-electron chi connectivity index (χ1n) is 9.66. The number of hydrogen-bond acceptors (Lipinski definition) is 3. The molecule has 0 bridgehead atoms. The zero-order valence-electron chi connectivity index (χ0n) is 16.2. The number of carbonyl (C=O) groups is 1. The number of halogens is 1. The average molecular weight is 380 g/mol.